The fourth-order valence-corrected chi connectivity index (χ4v) is 4.30. The van der Waals surface area contributed by atoms with Gasteiger partial charge in [-0.1, -0.05) is 11.8 Å². The van der Waals surface area contributed by atoms with Crippen molar-refractivity contribution in [2.45, 2.75) is 28.4 Å². The van der Waals surface area contributed by atoms with E-state index in [2.05, 4.69) is 0 Å². The van der Waals surface area contributed by atoms with E-state index in [1.807, 2.05) is 30.3 Å². The van der Waals surface area contributed by atoms with Crippen molar-refractivity contribution in [3.05, 3.63) is 57.6 Å². The third-order valence-corrected chi connectivity index (χ3v) is 5.61. The molecule has 2 aromatic carbocycles. The Morgan fingerprint density at radius 1 is 1.20 bits per heavy atom. The number of rotatable bonds is 4. The van der Waals surface area contributed by atoms with Crippen LogP contribution in [0.2, 0.25) is 0 Å². The minimum atomic E-state index is -0.723. The van der Waals surface area contributed by atoms with Crippen LogP contribution in [-0.2, 0) is 21.7 Å². The Kier molecular flexibility index (Phi) is 4.15. The predicted molar refractivity (Wildman–Crippen MR) is 92.1 cm³/mol. The molecule has 0 saturated carbocycles. The zero-order chi connectivity index (χ0) is 17.4. The third kappa shape index (κ3) is 2.88. The highest BCUT2D eigenvalue weighted by Crippen LogP contribution is 2.48. The van der Waals surface area contributed by atoms with E-state index in [1.54, 1.807) is 13.2 Å². The van der Waals surface area contributed by atoms with Crippen molar-refractivity contribution in [1.29, 1.82) is 0 Å². The summed E-state index contributed by atoms with van der Waals surface area (Å²) in [5.41, 5.74) is 1.98. The van der Waals surface area contributed by atoms with Crippen LogP contribution in [0.15, 0.2) is 46.2 Å². The number of ether oxygens (including phenoxy) is 3. The van der Waals surface area contributed by atoms with Crippen LogP contribution in [-0.4, -0.2) is 25.2 Å². The van der Waals surface area contributed by atoms with E-state index in [1.165, 1.54) is 11.8 Å². The maximum atomic E-state index is 11.5. The lowest BCUT2D eigenvalue weighted by Gasteiger charge is -2.23. The highest BCUT2D eigenvalue weighted by Gasteiger charge is 2.45. The first-order valence-corrected chi connectivity index (χ1v) is 8.84. The van der Waals surface area contributed by atoms with Gasteiger partial charge in [0.25, 0.3) is 5.69 Å². The maximum Gasteiger partial charge on any atom is 0.283 e. The number of methoxy groups -OCH3 is 1. The summed E-state index contributed by atoms with van der Waals surface area (Å²) in [6.45, 7) is 1.11. The Morgan fingerprint density at radius 2 is 1.92 bits per heavy atom. The van der Waals surface area contributed by atoms with Crippen molar-refractivity contribution in [1.82, 2.24) is 0 Å². The first-order valence-electron chi connectivity index (χ1n) is 8.03. The zero-order valence-electron chi connectivity index (χ0n) is 13.7. The fourth-order valence-electron chi connectivity index (χ4n) is 3.36. The van der Waals surface area contributed by atoms with E-state index in [0.29, 0.717) is 24.5 Å². The first-order chi connectivity index (χ1) is 12.1. The molecule has 1 aliphatic carbocycles. The Bertz CT molecular complexity index is 815. The summed E-state index contributed by atoms with van der Waals surface area (Å²) in [5.74, 6) is 0.0270. The van der Waals surface area contributed by atoms with Gasteiger partial charge in [-0.3, -0.25) is 10.1 Å². The molecular weight excluding hydrogens is 342 g/mol. The number of aryl methyl sites for hydroxylation is 1. The van der Waals surface area contributed by atoms with Gasteiger partial charge in [-0.05, 0) is 42.3 Å². The molecule has 4 rings (SSSR count). The summed E-state index contributed by atoms with van der Waals surface area (Å²) < 4.78 is 16.8. The third-order valence-electron chi connectivity index (χ3n) is 4.56. The van der Waals surface area contributed by atoms with Crippen LogP contribution in [0.3, 0.4) is 0 Å². The number of benzene rings is 2. The van der Waals surface area contributed by atoms with E-state index < -0.39 is 5.79 Å². The van der Waals surface area contributed by atoms with E-state index in [9.17, 15) is 10.1 Å². The molecule has 1 aliphatic heterocycles. The first kappa shape index (κ1) is 16.4. The van der Waals surface area contributed by atoms with Gasteiger partial charge in [-0.25, -0.2) is 0 Å². The van der Waals surface area contributed by atoms with Crippen LogP contribution in [0.5, 0.6) is 5.75 Å². The summed E-state index contributed by atoms with van der Waals surface area (Å²) in [6.07, 6.45) is 1.43. The molecule has 1 spiro atoms. The molecule has 1 fully saturated rings. The van der Waals surface area contributed by atoms with Gasteiger partial charge in [0.1, 0.15) is 5.75 Å². The normalized spacial score (nSPS) is 17.6. The molecule has 0 radical (unpaired) electrons. The van der Waals surface area contributed by atoms with Crippen molar-refractivity contribution in [2.24, 2.45) is 0 Å². The average Bonchev–Trinajstić information content (AvgIpc) is 3.23. The highest BCUT2D eigenvalue weighted by atomic mass is 32.2. The molecule has 130 valence electrons. The van der Waals surface area contributed by atoms with Crippen molar-refractivity contribution >= 4 is 17.4 Å². The van der Waals surface area contributed by atoms with Gasteiger partial charge >= 0.3 is 0 Å². The molecule has 0 bridgehead atoms. The number of hydrogen-bond acceptors (Lipinski definition) is 6. The lowest BCUT2D eigenvalue weighted by atomic mass is 10.1. The molecule has 2 aromatic rings. The predicted octanol–water partition coefficient (Wildman–Crippen LogP) is 3.90. The Labute approximate surface area is 149 Å². The van der Waals surface area contributed by atoms with E-state index in [4.69, 9.17) is 14.2 Å². The van der Waals surface area contributed by atoms with Crippen LogP contribution >= 0.6 is 11.8 Å². The topological polar surface area (TPSA) is 70.8 Å². The fraction of sp³-hybridized carbons (Fsp3) is 0.333. The van der Waals surface area contributed by atoms with Gasteiger partial charge in [0.05, 0.1) is 30.1 Å². The molecule has 1 saturated heterocycles. The van der Waals surface area contributed by atoms with Crippen molar-refractivity contribution in [3.8, 4) is 5.75 Å². The quantitative estimate of drug-likeness (QED) is 0.609. The molecular formula is C18H17NO5S. The van der Waals surface area contributed by atoms with Gasteiger partial charge in [-0.2, -0.15) is 0 Å². The van der Waals surface area contributed by atoms with Crippen molar-refractivity contribution < 1.29 is 19.1 Å². The smallest absolute Gasteiger partial charge is 0.283 e. The molecule has 25 heavy (non-hydrogen) atoms. The standard InChI is InChI=1S/C18H17NO5S/c1-22-13-2-4-14(5-3-13)25-17-11-15-12(10-16(17)19(20)21)6-7-18(15)23-8-9-24-18/h2-5,10-11H,6-9H2,1H3. The van der Waals surface area contributed by atoms with Gasteiger partial charge in [0.15, 0.2) is 5.79 Å². The van der Waals surface area contributed by atoms with Crippen LogP contribution in [0, 0.1) is 10.1 Å². The van der Waals surface area contributed by atoms with Gasteiger partial charge in [0.2, 0.25) is 0 Å². The minimum absolute atomic E-state index is 0.120. The molecule has 0 N–H and O–H groups in total. The van der Waals surface area contributed by atoms with Crippen molar-refractivity contribution in [3.63, 3.8) is 0 Å². The maximum absolute atomic E-state index is 11.5. The van der Waals surface area contributed by atoms with Gasteiger partial charge in [0, 0.05) is 22.9 Å². The van der Waals surface area contributed by atoms with Crippen LogP contribution in [0.1, 0.15) is 17.5 Å². The number of nitrogens with zero attached hydrogens (tertiary/aromatic N) is 1. The number of fused-ring (bicyclic) bond motifs is 2. The Balaban J connectivity index is 1.73. The van der Waals surface area contributed by atoms with E-state index in [-0.39, 0.29) is 10.6 Å². The summed E-state index contributed by atoms with van der Waals surface area (Å²) in [4.78, 5) is 12.7. The monoisotopic (exact) mass is 359 g/mol. The second-order valence-electron chi connectivity index (χ2n) is 5.96. The molecule has 7 heteroatoms. The Morgan fingerprint density at radius 3 is 2.56 bits per heavy atom. The molecule has 0 aromatic heterocycles. The summed E-state index contributed by atoms with van der Waals surface area (Å²) in [6, 6.07) is 11.0. The lowest BCUT2D eigenvalue weighted by Crippen LogP contribution is -2.23. The molecule has 2 aliphatic rings. The van der Waals surface area contributed by atoms with Gasteiger partial charge < -0.3 is 14.2 Å². The summed E-state index contributed by atoms with van der Waals surface area (Å²) >= 11 is 1.36. The summed E-state index contributed by atoms with van der Waals surface area (Å²) in [7, 11) is 1.61. The molecule has 0 atom stereocenters. The second kappa shape index (κ2) is 6.33. The van der Waals surface area contributed by atoms with E-state index in [0.717, 1.165) is 28.2 Å². The highest BCUT2D eigenvalue weighted by molar-refractivity contribution is 7.99. The van der Waals surface area contributed by atoms with Crippen LogP contribution in [0.25, 0.3) is 0 Å². The molecule has 6 nitrogen and oxygen atoms in total. The number of nitro groups is 1. The average molecular weight is 359 g/mol. The van der Waals surface area contributed by atoms with E-state index >= 15 is 0 Å². The minimum Gasteiger partial charge on any atom is -0.497 e. The second-order valence-corrected chi connectivity index (χ2v) is 7.08. The Hall–Kier alpha value is -2.09. The molecule has 0 amide bonds. The van der Waals surface area contributed by atoms with Crippen LogP contribution < -0.4 is 4.74 Å². The summed E-state index contributed by atoms with van der Waals surface area (Å²) in [5, 5.41) is 11.5. The lowest BCUT2D eigenvalue weighted by molar-refractivity contribution is -0.387. The van der Waals surface area contributed by atoms with Gasteiger partial charge in [-0.15, -0.1) is 0 Å². The molecule has 1 heterocycles. The number of hydrogen-bond donors (Lipinski definition) is 0. The van der Waals surface area contributed by atoms with Crippen molar-refractivity contribution in [2.75, 3.05) is 20.3 Å². The number of nitro benzene ring substituents is 1. The molecule has 0 unspecified atom stereocenters. The largest absolute Gasteiger partial charge is 0.497 e. The SMILES string of the molecule is COc1ccc(Sc2cc3c(cc2[N+](=O)[O-])CCC32OCCO2)cc1. The zero-order valence-corrected chi connectivity index (χ0v) is 14.5. The van der Waals surface area contributed by atoms with Crippen LogP contribution in [0.4, 0.5) is 5.69 Å².